The number of aliphatic hydroxyl groups excluding tert-OH is 1. The van der Waals surface area contributed by atoms with E-state index in [1.54, 1.807) is 0 Å². The lowest BCUT2D eigenvalue weighted by atomic mass is 9.97. The maximum Gasteiger partial charge on any atom is 0.220 e. The Morgan fingerprint density at radius 1 is 1.04 bits per heavy atom. The summed E-state index contributed by atoms with van der Waals surface area (Å²) in [5, 5.41) is 12.3. The highest BCUT2D eigenvalue weighted by atomic mass is 16.3. The van der Waals surface area contributed by atoms with Gasteiger partial charge < -0.3 is 15.3 Å². The molecule has 0 atom stereocenters. The van der Waals surface area contributed by atoms with Gasteiger partial charge >= 0.3 is 0 Å². The highest BCUT2D eigenvalue weighted by molar-refractivity contribution is 5.76. The third kappa shape index (κ3) is 4.73. The maximum absolute atomic E-state index is 12.0. The number of nitrogens with one attached hydrogen (secondary N) is 1. The van der Waals surface area contributed by atoms with Crippen LogP contribution in [0.15, 0.2) is 24.3 Å². The summed E-state index contributed by atoms with van der Waals surface area (Å²) in [5.41, 5.74) is 2.40. The minimum Gasteiger partial charge on any atom is -0.396 e. The molecule has 1 heterocycles. The average Bonchev–Trinajstić information content (AvgIpc) is 3.13. The molecular formula is C20H30N2O2. The Bertz CT molecular complexity index is 515. The molecule has 132 valence electrons. The molecular weight excluding hydrogens is 300 g/mol. The van der Waals surface area contributed by atoms with E-state index in [0.717, 1.165) is 31.5 Å². The molecule has 4 nitrogen and oxygen atoms in total. The first-order chi connectivity index (χ1) is 11.7. The number of hydrogen-bond donors (Lipinski definition) is 2. The Morgan fingerprint density at radius 3 is 2.33 bits per heavy atom. The predicted octanol–water partition coefficient (Wildman–Crippen LogP) is 3.09. The van der Waals surface area contributed by atoms with E-state index in [0.29, 0.717) is 31.4 Å². The van der Waals surface area contributed by atoms with Gasteiger partial charge in [-0.2, -0.15) is 0 Å². The first-order valence-electron chi connectivity index (χ1n) is 9.46. The van der Waals surface area contributed by atoms with Crippen LogP contribution < -0.4 is 10.2 Å². The van der Waals surface area contributed by atoms with Crippen molar-refractivity contribution in [2.45, 2.75) is 51.5 Å². The number of rotatable bonds is 6. The summed E-state index contributed by atoms with van der Waals surface area (Å²) in [4.78, 5) is 14.4. The van der Waals surface area contributed by atoms with Gasteiger partial charge in [-0.05, 0) is 55.2 Å². The molecule has 0 radical (unpaired) electrons. The summed E-state index contributed by atoms with van der Waals surface area (Å²) in [6.07, 6.45) is 7.83. The van der Waals surface area contributed by atoms with Gasteiger partial charge in [-0.15, -0.1) is 0 Å². The number of nitrogens with zero attached hydrogens (tertiary/aromatic N) is 1. The van der Waals surface area contributed by atoms with E-state index < -0.39 is 0 Å². The zero-order chi connectivity index (χ0) is 16.8. The quantitative estimate of drug-likeness (QED) is 0.843. The van der Waals surface area contributed by atoms with Gasteiger partial charge in [-0.3, -0.25) is 4.79 Å². The highest BCUT2D eigenvalue weighted by Crippen LogP contribution is 2.27. The highest BCUT2D eigenvalue weighted by Gasteiger charge is 2.19. The molecule has 3 rings (SSSR count). The summed E-state index contributed by atoms with van der Waals surface area (Å²) >= 11 is 0. The molecule has 1 aliphatic carbocycles. The van der Waals surface area contributed by atoms with E-state index in [9.17, 15) is 9.90 Å². The van der Waals surface area contributed by atoms with Crippen molar-refractivity contribution in [3.05, 3.63) is 29.8 Å². The number of benzene rings is 1. The Balaban J connectivity index is 1.43. The standard InChI is InChI=1S/C20H30N2O2/c23-15-18-9-11-22(12-10-18)19-7-5-17(6-8-19)14-21-20(24)13-16-3-1-2-4-16/h5-8,16,18,23H,1-4,9-15H2,(H,21,24). The molecule has 0 unspecified atom stereocenters. The van der Waals surface area contributed by atoms with Crippen LogP contribution in [0.5, 0.6) is 0 Å². The number of hydrogen-bond acceptors (Lipinski definition) is 3. The number of carbonyl (C=O) groups is 1. The molecule has 1 aromatic carbocycles. The Hall–Kier alpha value is -1.55. The van der Waals surface area contributed by atoms with Gasteiger partial charge in [0.15, 0.2) is 0 Å². The first-order valence-corrected chi connectivity index (χ1v) is 9.46. The monoisotopic (exact) mass is 330 g/mol. The van der Waals surface area contributed by atoms with Crippen molar-refractivity contribution in [1.82, 2.24) is 5.32 Å². The van der Waals surface area contributed by atoms with Crippen LogP contribution in [0.3, 0.4) is 0 Å². The number of carbonyl (C=O) groups excluding carboxylic acids is 1. The third-order valence-electron chi connectivity index (χ3n) is 5.61. The second kappa shape index (κ2) is 8.52. The van der Waals surface area contributed by atoms with Crippen LogP contribution >= 0.6 is 0 Å². The lowest BCUT2D eigenvalue weighted by molar-refractivity contribution is -0.122. The van der Waals surface area contributed by atoms with Gasteiger partial charge in [0.25, 0.3) is 0 Å². The minimum atomic E-state index is 0.192. The molecule has 1 saturated carbocycles. The molecule has 24 heavy (non-hydrogen) atoms. The largest absolute Gasteiger partial charge is 0.396 e. The van der Waals surface area contributed by atoms with Crippen LogP contribution in [-0.2, 0) is 11.3 Å². The molecule has 1 aromatic rings. The van der Waals surface area contributed by atoms with Crippen molar-refractivity contribution < 1.29 is 9.90 Å². The second-order valence-electron chi connectivity index (χ2n) is 7.41. The topological polar surface area (TPSA) is 52.6 Å². The third-order valence-corrected chi connectivity index (χ3v) is 5.61. The summed E-state index contributed by atoms with van der Waals surface area (Å²) in [7, 11) is 0. The van der Waals surface area contributed by atoms with E-state index in [1.807, 2.05) is 0 Å². The van der Waals surface area contributed by atoms with E-state index in [2.05, 4.69) is 34.5 Å². The van der Waals surface area contributed by atoms with Crippen LogP contribution in [0.2, 0.25) is 0 Å². The minimum absolute atomic E-state index is 0.192. The smallest absolute Gasteiger partial charge is 0.220 e. The van der Waals surface area contributed by atoms with Crippen molar-refractivity contribution in [3.63, 3.8) is 0 Å². The van der Waals surface area contributed by atoms with Gasteiger partial charge in [0.1, 0.15) is 0 Å². The van der Waals surface area contributed by atoms with Gasteiger partial charge in [0.05, 0.1) is 0 Å². The fourth-order valence-corrected chi connectivity index (χ4v) is 3.95. The van der Waals surface area contributed by atoms with Crippen molar-refractivity contribution in [3.8, 4) is 0 Å². The molecule has 0 bridgehead atoms. The summed E-state index contributed by atoms with van der Waals surface area (Å²) in [6.45, 7) is 2.97. The number of aliphatic hydroxyl groups is 1. The van der Waals surface area contributed by atoms with Crippen molar-refractivity contribution in [1.29, 1.82) is 0 Å². The van der Waals surface area contributed by atoms with Gasteiger partial charge in [0, 0.05) is 38.3 Å². The van der Waals surface area contributed by atoms with Crippen molar-refractivity contribution in [2.24, 2.45) is 11.8 Å². The van der Waals surface area contributed by atoms with Crippen molar-refractivity contribution >= 4 is 11.6 Å². The second-order valence-corrected chi connectivity index (χ2v) is 7.41. The van der Waals surface area contributed by atoms with E-state index >= 15 is 0 Å². The van der Waals surface area contributed by atoms with Crippen LogP contribution in [0, 0.1) is 11.8 Å². The molecule has 2 aliphatic rings. The Kier molecular flexibility index (Phi) is 6.13. The predicted molar refractivity (Wildman–Crippen MR) is 96.9 cm³/mol. The van der Waals surface area contributed by atoms with Crippen LogP contribution in [0.25, 0.3) is 0 Å². The number of piperidine rings is 1. The Labute approximate surface area is 145 Å². The zero-order valence-electron chi connectivity index (χ0n) is 14.5. The SMILES string of the molecule is O=C(CC1CCCC1)NCc1ccc(N2CCC(CO)CC2)cc1. The van der Waals surface area contributed by atoms with E-state index in [-0.39, 0.29) is 5.91 Å². The number of anilines is 1. The maximum atomic E-state index is 12.0. The molecule has 1 saturated heterocycles. The molecule has 4 heteroatoms. The lowest BCUT2D eigenvalue weighted by Gasteiger charge is -2.33. The fraction of sp³-hybridized carbons (Fsp3) is 0.650. The normalized spacial score (nSPS) is 19.6. The fourth-order valence-electron chi connectivity index (χ4n) is 3.95. The molecule has 2 N–H and O–H groups in total. The van der Waals surface area contributed by atoms with Gasteiger partial charge in [0.2, 0.25) is 5.91 Å². The van der Waals surface area contributed by atoms with E-state index in [4.69, 9.17) is 0 Å². The van der Waals surface area contributed by atoms with Gasteiger partial charge in [-0.25, -0.2) is 0 Å². The summed E-state index contributed by atoms with van der Waals surface area (Å²) < 4.78 is 0. The van der Waals surface area contributed by atoms with Gasteiger partial charge in [-0.1, -0.05) is 25.0 Å². The lowest BCUT2D eigenvalue weighted by Crippen LogP contribution is -2.34. The Morgan fingerprint density at radius 2 is 1.71 bits per heavy atom. The summed E-state index contributed by atoms with van der Waals surface area (Å²) in [6, 6.07) is 8.53. The number of amides is 1. The zero-order valence-corrected chi connectivity index (χ0v) is 14.5. The molecule has 1 aliphatic heterocycles. The first kappa shape index (κ1) is 17.3. The van der Waals surface area contributed by atoms with E-state index in [1.165, 1.54) is 31.4 Å². The van der Waals surface area contributed by atoms with Crippen LogP contribution in [0.4, 0.5) is 5.69 Å². The molecule has 0 aromatic heterocycles. The van der Waals surface area contributed by atoms with Crippen molar-refractivity contribution in [2.75, 3.05) is 24.6 Å². The van der Waals surface area contributed by atoms with Crippen LogP contribution in [0.1, 0.15) is 50.5 Å². The molecule has 2 fully saturated rings. The molecule has 0 spiro atoms. The summed E-state index contributed by atoms with van der Waals surface area (Å²) in [5.74, 6) is 1.27. The average molecular weight is 330 g/mol. The molecule has 1 amide bonds. The van der Waals surface area contributed by atoms with Crippen LogP contribution in [-0.4, -0.2) is 30.7 Å².